The Morgan fingerprint density at radius 3 is 2.84 bits per heavy atom. The molecular weight excluding hydrogens is 342 g/mol. The lowest BCUT2D eigenvalue weighted by molar-refractivity contribution is -0.161. The highest BCUT2D eigenvalue weighted by Crippen LogP contribution is 2.50. The summed E-state index contributed by atoms with van der Waals surface area (Å²) in [6.07, 6.45) is 2.01. The first-order chi connectivity index (χ1) is 11.9. The second-order valence-corrected chi connectivity index (χ2v) is 9.10. The van der Waals surface area contributed by atoms with Gasteiger partial charge in [0.25, 0.3) is 0 Å². The standard InChI is InChI=1S/C17H25N3O4S/c1-7(21)14-12-4-13(15(17(23)24)20(12)16(14)22)25-9-3-11(19-6-9)10-2-8(10)5-18/h7-12,14,19,21H,2-6,18H2,1H3,(H,23,24)/t7-,8?,9+,10?,11+,12-,14-/m1/s1. The van der Waals surface area contributed by atoms with E-state index in [4.69, 9.17) is 5.73 Å². The number of amides is 1. The van der Waals surface area contributed by atoms with Gasteiger partial charge in [-0.25, -0.2) is 4.79 Å². The number of nitrogens with zero attached hydrogens (tertiary/aromatic N) is 1. The minimum Gasteiger partial charge on any atom is -0.477 e. The van der Waals surface area contributed by atoms with Crippen molar-refractivity contribution in [3.63, 3.8) is 0 Å². The Morgan fingerprint density at radius 1 is 1.48 bits per heavy atom. The average molecular weight is 367 g/mol. The monoisotopic (exact) mass is 367 g/mol. The molecule has 1 aliphatic carbocycles. The third-order valence-electron chi connectivity index (χ3n) is 6.12. The van der Waals surface area contributed by atoms with Gasteiger partial charge in [0.1, 0.15) is 5.70 Å². The Balaban J connectivity index is 1.44. The molecule has 7 atom stereocenters. The summed E-state index contributed by atoms with van der Waals surface area (Å²) in [6.45, 7) is 3.20. The second-order valence-electron chi connectivity index (χ2n) is 7.71. The Bertz CT molecular complexity index is 637. The van der Waals surface area contributed by atoms with E-state index in [-0.39, 0.29) is 17.6 Å². The summed E-state index contributed by atoms with van der Waals surface area (Å²) in [4.78, 5) is 26.1. The van der Waals surface area contributed by atoms with Gasteiger partial charge in [-0.15, -0.1) is 11.8 Å². The molecule has 3 fully saturated rings. The van der Waals surface area contributed by atoms with Crippen molar-refractivity contribution in [2.75, 3.05) is 13.1 Å². The molecule has 4 aliphatic rings. The average Bonchev–Trinajstić information content (AvgIpc) is 3.08. The number of carboxylic acids is 1. The summed E-state index contributed by atoms with van der Waals surface area (Å²) in [6, 6.07) is 0.279. The molecule has 25 heavy (non-hydrogen) atoms. The molecule has 1 saturated carbocycles. The third kappa shape index (κ3) is 2.79. The maximum atomic E-state index is 12.2. The number of carbonyl (C=O) groups is 2. The zero-order chi connectivity index (χ0) is 17.9. The molecule has 7 nitrogen and oxygen atoms in total. The second kappa shape index (κ2) is 6.26. The van der Waals surface area contributed by atoms with E-state index < -0.39 is 18.0 Å². The number of nitrogens with one attached hydrogen (secondary N) is 1. The van der Waals surface area contributed by atoms with Crippen LogP contribution in [0, 0.1) is 17.8 Å². The minimum atomic E-state index is -1.05. The van der Waals surface area contributed by atoms with Crippen LogP contribution in [0.2, 0.25) is 0 Å². The first-order valence-electron chi connectivity index (χ1n) is 9.00. The van der Waals surface area contributed by atoms with Crippen LogP contribution in [0.4, 0.5) is 0 Å². The van der Waals surface area contributed by atoms with Gasteiger partial charge in [0.15, 0.2) is 0 Å². The summed E-state index contributed by atoms with van der Waals surface area (Å²) in [5.74, 6) is -0.491. The first kappa shape index (κ1) is 17.3. The first-order valence-corrected chi connectivity index (χ1v) is 9.88. The van der Waals surface area contributed by atoms with Crippen LogP contribution in [0.1, 0.15) is 26.2 Å². The topological polar surface area (TPSA) is 116 Å². The van der Waals surface area contributed by atoms with E-state index in [2.05, 4.69) is 5.32 Å². The summed E-state index contributed by atoms with van der Waals surface area (Å²) in [7, 11) is 0. The van der Waals surface area contributed by atoms with Gasteiger partial charge in [0.2, 0.25) is 5.91 Å². The highest BCUT2D eigenvalue weighted by Gasteiger charge is 2.57. The minimum absolute atomic E-state index is 0.131. The number of fused-ring (bicyclic) bond motifs is 1. The predicted molar refractivity (Wildman–Crippen MR) is 93.5 cm³/mol. The summed E-state index contributed by atoms with van der Waals surface area (Å²) in [5, 5.41) is 23.3. The van der Waals surface area contributed by atoms with E-state index in [0.717, 1.165) is 24.4 Å². The molecule has 8 heteroatoms. The molecule has 0 aromatic rings. The molecule has 0 aromatic carbocycles. The lowest BCUT2D eigenvalue weighted by Gasteiger charge is -2.44. The van der Waals surface area contributed by atoms with Crippen molar-refractivity contribution in [1.29, 1.82) is 0 Å². The fourth-order valence-corrected chi connectivity index (χ4v) is 6.17. The zero-order valence-electron chi connectivity index (χ0n) is 14.2. The van der Waals surface area contributed by atoms with Gasteiger partial charge in [-0.2, -0.15) is 0 Å². The van der Waals surface area contributed by atoms with Crippen LogP contribution >= 0.6 is 11.8 Å². The van der Waals surface area contributed by atoms with Crippen molar-refractivity contribution in [3.05, 3.63) is 10.6 Å². The molecule has 0 bridgehead atoms. The number of aliphatic hydroxyl groups excluding tert-OH is 1. The number of β-lactam (4-membered cyclic amide) rings is 1. The van der Waals surface area contributed by atoms with Gasteiger partial charge in [-0.1, -0.05) is 0 Å². The number of nitrogens with two attached hydrogens (primary N) is 1. The fourth-order valence-electron chi connectivity index (χ4n) is 4.72. The lowest BCUT2D eigenvalue weighted by Crippen LogP contribution is -2.61. The Hall–Kier alpha value is -1.09. The maximum Gasteiger partial charge on any atom is 0.353 e. The number of carbonyl (C=O) groups excluding carboxylic acids is 1. The molecule has 1 amide bonds. The molecule has 0 spiro atoms. The normalized spacial score (nSPS) is 40.9. The maximum absolute atomic E-state index is 12.2. The SMILES string of the molecule is C[C@@H](O)[C@H]1C(=O)N2C(C(=O)O)=C(S[C@@H]3CN[C@H](C4CC4CN)C3)C[C@H]12. The molecular formula is C17H25N3O4S. The summed E-state index contributed by atoms with van der Waals surface area (Å²) < 4.78 is 0. The van der Waals surface area contributed by atoms with Crippen LogP contribution in [-0.2, 0) is 9.59 Å². The lowest BCUT2D eigenvalue weighted by atomic mass is 9.83. The van der Waals surface area contributed by atoms with E-state index in [0.29, 0.717) is 29.5 Å². The summed E-state index contributed by atoms with van der Waals surface area (Å²) >= 11 is 1.60. The third-order valence-corrected chi connectivity index (χ3v) is 7.46. The van der Waals surface area contributed by atoms with E-state index in [9.17, 15) is 19.8 Å². The quantitative estimate of drug-likeness (QED) is 0.487. The van der Waals surface area contributed by atoms with E-state index in [1.807, 2.05) is 0 Å². The highest BCUT2D eigenvalue weighted by atomic mass is 32.2. The van der Waals surface area contributed by atoms with Crippen molar-refractivity contribution in [2.24, 2.45) is 23.5 Å². The molecule has 2 unspecified atom stereocenters. The van der Waals surface area contributed by atoms with E-state index in [1.165, 1.54) is 11.3 Å². The molecule has 138 valence electrons. The van der Waals surface area contributed by atoms with Gasteiger partial charge < -0.3 is 26.2 Å². The van der Waals surface area contributed by atoms with Gasteiger partial charge in [-0.05, 0) is 38.1 Å². The number of aliphatic carboxylic acids is 1. The van der Waals surface area contributed by atoms with Crippen LogP contribution in [-0.4, -0.2) is 63.5 Å². The van der Waals surface area contributed by atoms with Crippen molar-refractivity contribution < 1.29 is 19.8 Å². The van der Waals surface area contributed by atoms with Gasteiger partial charge in [0.05, 0.1) is 18.1 Å². The molecule has 0 aromatic heterocycles. The van der Waals surface area contributed by atoms with Crippen molar-refractivity contribution in [2.45, 2.75) is 49.6 Å². The van der Waals surface area contributed by atoms with Crippen LogP contribution in [0.25, 0.3) is 0 Å². The van der Waals surface area contributed by atoms with Gasteiger partial charge in [-0.3, -0.25) is 4.79 Å². The summed E-state index contributed by atoms with van der Waals surface area (Å²) in [5.41, 5.74) is 5.87. The molecule has 3 heterocycles. The number of carboxylic acid groups (broad SMARTS) is 1. The molecule has 0 radical (unpaired) electrons. The largest absolute Gasteiger partial charge is 0.477 e. The highest BCUT2D eigenvalue weighted by molar-refractivity contribution is 8.03. The number of rotatable bonds is 6. The van der Waals surface area contributed by atoms with Crippen LogP contribution in [0.15, 0.2) is 10.6 Å². The fraction of sp³-hybridized carbons (Fsp3) is 0.765. The molecule has 4 rings (SSSR count). The van der Waals surface area contributed by atoms with Crippen LogP contribution in [0.3, 0.4) is 0 Å². The van der Waals surface area contributed by atoms with Gasteiger partial charge in [0, 0.05) is 29.2 Å². The Morgan fingerprint density at radius 2 is 2.24 bits per heavy atom. The molecule has 2 saturated heterocycles. The number of thioether (sulfide) groups is 1. The van der Waals surface area contributed by atoms with Crippen LogP contribution in [0.5, 0.6) is 0 Å². The number of hydrogen-bond acceptors (Lipinski definition) is 6. The number of hydrogen-bond donors (Lipinski definition) is 4. The van der Waals surface area contributed by atoms with E-state index >= 15 is 0 Å². The predicted octanol–water partition coefficient (Wildman–Crippen LogP) is -0.0474. The Labute approximate surface area is 151 Å². The van der Waals surface area contributed by atoms with Crippen molar-refractivity contribution >= 4 is 23.6 Å². The number of aliphatic hydroxyl groups is 1. The smallest absolute Gasteiger partial charge is 0.353 e. The van der Waals surface area contributed by atoms with E-state index in [1.54, 1.807) is 18.7 Å². The van der Waals surface area contributed by atoms with Crippen molar-refractivity contribution in [3.8, 4) is 0 Å². The Kier molecular flexibility index (Phi) is 4.34. The molecule has 3 aliphatic heterocycles. The van der Waals surface area contributed by atoms with Crippen LogP contribution < -0.4 is 11.1 Å². The molecule has 5 N–H and O–H groups in total. The van der Waals surface area contributed by atoms with Gasteiger partial charge >= 0.3 is 5.97 Å². The zero-order valence-corrected chi connectivity index (χ0v) is 15.0. The van der Waals surface area contributed by atoms with Crippen molar-refractivity contribution in [1.82, 2.24) is 10.2 Å².